The van der Waals surface area contributed by atoms with Crippen molar-refractivity contribution in [2.75, 3.05) is 0 Å². The number of carbonyl (C=O) groups is 1. The highest BCUT2D eigenvalue weighted by Crippen LogP contribution is 2.45. The molecule has 0 radical (unpaired) electrons. The Bertz CT molecular complexity index is 650. The van der Waals surface area contributed by atoms with Gasteiger partial charge in [0.05, 0.1) is 12.1 Å². The molecule has 1 aliphatic carbocycles. The topological polar surface area (TPSA) is 49.8 Å². The number of rotatable bonds is 3. The van der Waals surface area contributed by atoms with Gasteiger partial charge in [-0.2, -0.15) is 0 Å². The zero-order chi connectivity index (χ0) is 18.4. The summed E-state index contributed by atoms with van der Waals surface area (Å²) in [5.74, 6) is -0.254. The molecule has 1 heterocycles. The number of aliphatic hydroxyl groups is 1. The van der Waals surface area contributed by atoms with Crippen LogP contribution in [-0.2, 0) is 15.1 Å². The highest BCUT2D eigenvalue weighted by atomic mass is 16.5. The van der Waals surface area contributed by atoms with E-state index in [1.54, 1.807) is 4.90 Å². The lowest BCUT2D eigenvalue weighted by Crippen LogP contribution is -2.57. The summed E-state index contributed by atoms with van der Waals surface area (Å²) in [5.41, 5.74) is -0.496. The summed E-state index contributed by atoms with van der Waals surface area (Å²) in [6, 6.07) is 7.67. The normalized spacial score (nSPS) is 29.0. The lowest BCUT2D eigenvalue weighted by atomic mass is 9.76. The van der Waals surface area contributed by atoms with Crippen LogP contribution < -0.4 is 0 Å². The smallest absolute Gasteiger partial charge is 0.262 e. The predicted octanol–water partition coefficient (Wildman–Crippen LogP) is 3.74. The van der Waals surface area contributed by atoms with Crippen molar-refractivity contribution in [3.63, 3.8) is 0 Å². The lowest BCUT2D eigenvalue weighted by Gasteiger charge is -2.42. The second-order valence-electron chi connectivity index (χ2n) is 8.25. The third kappa shape index (κ3) is 2.89. The molecule has 1 aliphatic heterocycles. The van der Waals surface area contributed by atoms with Crippen LogP contribution in [0.5, 0.6) is 0 Å². The van der Waals surface area contributed by atoms with E-state index in [1.165, 1.54) is 0 Å². The molecule has 25 heavy (non-hydrogen) atoms. The second kappa shape index (κ2) is 6.40. The van der Waals surface area contributed by atoms with Crippen molar-refractivity contribution >= 4 is 5.91 Å². The first-order valence-corrected chi connectivity index (χ1v) is 9.49. The van der Waals surface area contributed by atoms with E-state index in [1.807, 2.05) is 58.9 Å². The molecule has 3 rings (SSSR count). The quantitative estimate of drug-likeness (QED) is 0.908. The highest BCUT2D eigenvalue weighted by molar-refractivity contribution is 5.88. The Morgan fingerprint density at radius 1 is 1.24 bits per heavy atom. The molecule has 1 aromatic rings. The van der Waals surface area contributed by atoms with Crippen molar-refractivity contribution in [1.82, 2.24) is 4.90 Å². The summed E-state index contributed by atoms with van der Waals surface area (Å²) in [6.45, 7) is 9.79. The molecule has 0 spiro atoms. The van der Waals surface area contributed by atoms with Gasteiger partial charge in [-0.15, -0.1) is 0 Å². The first kappa shape index (κ1) is 18.4. The summed E-state index contributed by atoms with van der Waals surface area (Å²) in [6.07, 6.45) is 3.85. The number of benzene rings is 1. The van der Waals surface area contributed by atoms with E-state index in [-0.39, 0.29) is 24.0 Å². The van der Waals surface area contributed by atoms with Crippen LogP contribution in [0.1, 0.15) is 64.5 Å². The first-order chi connectivity index (χ1) is 11.7. The van der Waals surface area contributed by atoms with Gasteiger partial charge in [0, 0.05) is 5.92 Å². The largest absolute Gasteiger partial charge is 0.375 e. The van der Waals surface area contributed by atoms with Gasteiger partial charge in [0.25, 0.3) is 5.91 Å². The molecule has 2 fully saturated rings. The number of aryl methyl sites for hydroxylation is 1. The van der Waals surface area contributed by atoms with E-state index < -0.39 is 11.3 Å². The maximum atomic E-state index is 13.8. The van der Waals surface area contributed by atoms with Gasteiger partial charge < -0.3 is 14.7 Å². The number of hydrogen-bond donors (Lipinski definition) is 1. The van der Waals surface area contributed by atoms with Gasteiger partial charge in [-0.25, -0.2) is 0 Å². The molecule has 4 nitrogen and oxygen atoms in total. The van der Waals surface area contributed by atoms with Gasteiger partial charge in [-0.3, -0.25) is 4.79 Å². The number of carbonyl (C=O) groups excluding carboxylic acids is 1. The lowest BCUT2D eigenvalue weighted by molar-refractivity contribution is -0.174. The van der Waals surface area contributed by atoms with Crippen LogP contribution in [0.3, 0.4) is 0 Å². The molecule has 2 aliphatic rings. The average molecular weight is 345 g/mol. The minimum absolute atomic E-state index is 0.0417. The van der Waals surface area contributed by atoms with E-state index >= 15 is 0 Å². The van der Waals surface area contributed by atoms with Gasteiger partial charge in [-0.05, 0) is 58.6 Å². The van der Waals surface area contributed by atoms with Crippen LogP contribution in [0.4, 0.5) is 0 Å². The minimum atomic E-state index is -1.49. The number of hydrogen-bond acceptors (Lipinski definition) is 3. The van der Waals surface area contributed by atoms with Crippen molar-refractivity contribution in [1.29, 1.82) is 0 Å². The molecule has 1 N–H and O–H groups in total. The molecule has 1 saturated heterocycles. The summed E-state index contributed by atoms with van der Waals surface area (Å²) in [5, 5.41) is 11.9. The number of nitrogens with zero attached hydrogens (tertiary/aromatic N) is 1. The van der Waals surface area contributed by atoms with Gasteiger partial charge in [0.1, 0.15) is 5.72 Å². The number of ether oxygens (including phenoxy) is 1. The maximum absolute atomic E-state index is 13.8. The SMILES string of the molecule is Cc1ccccc1[C@](O)(C(=O)N1C(C)C(C)OC1(C)C)C1CCCC1. The minimum Gasteiger partial charge on any atom is -0.375 e. The Kier molecular flexibility index (Phi) is 4.71. The summed E-state index contributed by atoms with van der Waals surface area (Å²) in [7, 11) is 0. The number of amides is 1. The molecule has 4 heteroatoms. The molecule has 0 bridgehead atoms. The fourth-order valence-corrected chi connectivity index (χ4v) is 4.78. The van der Waals surface area contributed by atoms with E-state index in [0.29, 0.717) is 0 Å². The maximum Gasteiger partial charge on any atom is 0.262 e. The van der Waals surface area contributed by atoms with Crippen molar-refractivity contribution in [2.45, 2.75) is 83.8 Å². The molecular weight excluding hydrogens is 314 g/mol. The standard InChI is InChI=1S/C21H31NO3/c1-14-10-6-9-13-18(14)21(24,17-11-7-8-12-17)19(23)22-15(2)16(3)25-20(22,4)5/h6,9-10,13,15-17,24H,7-8,11-12H2,1-5H3/t15?,16?,21-/m0/s1. The van der Waals surface area contributed by atoms with Crippen molar-refractivity contribution < 1.29 is 14.6 Å². The third-order valence-corrected chi connectivity index (χ3v) is 6.19. The summed E-state index contributed by atoms with van der Waals surface area (Å²) < 4.78 is 6.01. The molecule has 1 amide bonds. The summed E-state index contributed by atoms with van der Waals surface area (Å²) >= 11 is 0. The zero-order valence-corrected chi connectivity index (χ0v) is 16.1. The molecule has 1 aromatic carbocycles. The van der Waals surface area contributed by atoms with Crippen LogP contribution in [0, 0.1) is 12.8 Å². The predicted molar refractivity (Wildman–Crippen MR) is 98.0 cm³/mol. The van der Waals surface area contributed by atoms with Gasteiger partial charge >= 0.3 is 0 Å². The Hall–Kier alpha value is -1.39. The Labute approximate surface area is 151 Å². The Morgan fingerprint density at radius 3 is 2.36 bits per heavy atom. The van der Waals surface area contributed by atoms with Crippen LogP contribution in [0.25, 0.3) is 0 Å². The van der Waals surface area contributed by atoms with E-state index in [9.17, 15) is 9.90 Å². The zero-order valence-electron chi connectivity index (χ0n) is 16.1. The fourth-order valence-electron chi connectivity index (χ4n) is 4.78. The third-order valence-electron chi connectivity index (χ3n) is 6.19. The summed E-state index contributed by atoms with van der Waals surface area (Å²) in [4.78, 5) is 15.5. The molecule has 3 atom stereocenters. The van der Waals surface area contributed by atoms with Crippen molar-refractivity contribution in [3.8, 4) is 0 Å². The fraction of sp³-hybridized carbons (Fsp3) is 0.667. The van der Waals surface area contributed by atoms with E-state index in [2.05, 4.69) is 0 Å². The second-order valence-corrected chi connectivity index (χ2v) is 8.25. The monoisotopic (exact) mass is 345 g/mol. The molecule has 1 saturated carbocycles. The Morgan fingerprint density at radius 2 is 1.84 bits per heavy atom. The average Bonchev–Trinajstić information content (AvgIpc) is 3.14. The van der Waals surface area contributed by atoms with Crippen LogP contribution in [0.2, 0.25) is 0 Å². The highest BCUT2D eigenvalue weighted by Gasteiger charge is 2.55. The van der Waals surface area contributed by atoms with Crippen LogP contribution >= 0.6 is 0 Å². The van der Waals surface area contributed by atoms with Crippen molar-refractivity contribution in [3.05, 3.63) is 35.4 Å². The van der Waals surface area contributed by atoms with Gasteiger partial charge in [0.15, 0.2) is 5.60 Å². The Balaban J connectivity index is 2.09. The van der Waals surface area contributed by atoms with E-state index in [0.717, 1.165) is 36.8 Å². The molecule has 2 unspecified atom stereocenters. The van der Waals surface area contributed by atoms with Gasteiger partial charge in [-0.1, -0.05) is 37.1 Å². The molecule has 138 valence electrons. The van der Waals surface area contributed by atoms with Crippen LogP contribution in [0.15, 0.2) is 24.3 Å². The van der Waals surface area contributed by atoms with Crippen LogP contribution in [-0.4, -0.2) is 33.8 Å². The molecular formula is C21H31NO3. The van der Waals surface area contributed by atoms with Crippen molar-refractivity contribution in [2.24, 2.45) is 5.92 Å². The van der Waals surface area contributed by atoms with Gasteiger partial charge in [0.2, 0.25) is 0 Å². The first-order valence-electron chi connectivity index (χ1n) is 9.49. The molecule has 0 aromatic heterocycles. The van der Waals surface area contributed by atoms with E-state index in [4.69, 9.17) is 4.74 Å².